The van der Waals surface area contributed by atoms with Gasteiger partial charge in [-0.25, -0.2) is 4.98 Å². The summed E-state index contributed by atoms with van der Waals surface area (Å²) in [6.45, 7) is 0.775. The summed E-state index contributed by atoms with van der Waals surface area (Å²) in [6, 6.07) is 15.2. The van der Waals surface area contributed by atoms with E-state index in [0.29, 0.717) is 24.0 Å². The molecule has 0 saturated carbocycles. The molecular formula is C20H19N3O3S. The molecular weight excluding hydrogens is 362 g/mol. The van der Waals surface area contributed by atoms with E-state index in [1.165, 1.54) is 11.3 Å². The lowest BCUT2D eigenvalue weighted by Crippen LogP contribution is -2.40. The molecule has 1 aromatic heterocycles. The summed E-state index contributed by atoms with van der Waals surface area (Å²) in [7, 11) is 1.60. The predicted molar refractivity (Wildman–Crippen MR) is 106 cm³/mol. The minimum Gasteiger partial charge on any atom is -0.383 e. The van der Waals surface area contributed by atoms with Gasteiger partial charge < -0.3 is 10.1 Å². The number of ether oxygens (including phenoxy) is 1. The van der Waals surface area contributed by atoms with Gasteiger partial charge in [-0.1, -0.05) is 41.7 Å². The molecule has 0 radical (unpaired) electrons. The first-order valence-corrected chi connectivity index (χ1v) is 9.53. The molecule has 138 valence electrons. The number of nitrogens with one attached hydrogen (secondary N) is 1. The molecule has 2 heterocycles. The number of aromatic nitrogens is 1. The predicted octanol–water partition coefficient (Wildman–Crippen LogP) is 3.40. The van der Waals surface area contributed by atoms with Crippen molar-refractivity contribution in [1.29, 1.82) is 0 Å². The van der Waals surface area contributed by atoms with Gasteiger partial charge in [0.15, 0.2) is 5.13 Å². The lowest BCUT2D eigenvalue weighted by molar-refractivity contribution is -0.124. The van der Waals surface area contributed by atoms with Crippen molar-refractivity contribution in [2.45, 2.75) is 12.3 Å². The number of nitrogens with zero attached hydrogens (tertiary/aromatic N) is 2. The number of benzene rings is 2. The molecule has 1 atom stereocenters. The fourth-order valence-corrected chi connectivity index (χ4v) is 4.27. The number of anilines is 2. The molecule has 6 nitrogen and oxygen atoms in total. The summed E-state index contributed by atoms with van der Waals surface area (Å²) in [5.41, 5.74) is 2.39. The number of carbonyl (C=O) groups excluding carboxylic acids is 2. The zero-order valence-electron chi connectivity index (χ0n) is 14.8. The number of amides is 2. The third-order valence-corrected chi connectivity index (χ3v) is 5.66. The summed E-state index contributed by atoms with van der Waals surface area (Å²) in [5.74, 6) is -0.810. The maximum Gasteiger partial charge on any atom is 0.237 e. The van der Waals surface area contributed by atoms with Gasteiger partial charge in [0.2, 0.25) is 11.8 Å². The lowest BCUT2D eigenvalue weighted by Gasteiger charge is -2.29. The molecule has 0 fully saturated rings. The van der Waals surface area contributed by atoms with Crippen molar-refractivity contribution < 1.29 is 14.3 Å². The van der Waals surface area contributed by atoms with Crippen molar-refractivity contribution in [2.24, 2.45) is 0 Å². The Balaban J connectivity index is 1.72. The largest absolute Gasteiger partial charge is 0.383 e. The van der Waals surface area contributed by atoms with Gasteiger partial charge in [0, 0.05) is 19.2 Å². The van der Waals surface area contributed by atoms with Crippen LogP contribution in [0.25, 0.3) is 10.2 Å². The average molecular weight is 381 g/mol. The van der Waals surface area contributed by atoms with Crippen LogP contribution in [0.4, 0.5) is 10.8 Å². The summed E-state index contributed by atoms with van der Waals surface area (Å²) < 4.78 is 6.22. The van der Waals surface area contributed by atoms with Crippen LogP contribution in [0.1, 0.15) is 17.9 Å². The fraction of sp³-hybridized carbons (Fsp3) is 0.250. The molecule has 1 aliphatic heterocycles. The van der Waals surface area contributed by atoms with Crippen LogP contribution >= 0.6 is 11.3 Å². The molecule has 4 rings (SSSR count). The van der Waals surface area contributed by atoms with Gasteiger partial charge in [0.05, 0.1) is 29.3 Å². The number of rotatable bonds is 5. The Kier molecular flexibility index (Phi) is 4.87. The highest BCUT2D eigenvalue weighted by Gasteiger charge is 2.34. The third-order valence-electron chi connectivity index (χ3n) is 4.60. The van der Waals surface area contributed by atoms with Crippen LogP contribution in [-0.4, -0.2) is 37.1 Å². The molecule has 1 aliphatic rings. The zero-order chi connectivity index (χ0) is 18.8. The van der Waals surface area contributed by atoms with Gasteiger partial charge in [-0.15, -0.1) is 0 Å². The maximum absolute atomic E-state index is 13.4. The Morgan fingerprint density at radius 2 is 2.04 bits per heavy atom. The maximum atomic E-state index is 13.4. The minimum atomic E-state index is -0.529. The second kappa shape index (κ2) is 7.46. The van der Waals surface area contributed by atoms with E-state index in [1.807, 2.05) is 48.5 Å². The van der Waals surface area contributed by atoms with Gasteiger partial charge in [-0.3, -0.25) is 14.5 Å². The molecule has 27 heavy (non-hydrogen) atoms. The van der Waals surface area contributed by atoms with Crippen LogP contribution < -0.4 is 10.2 Å². The topological polar surface area (TPSA) is 71.5 Å². The van der Waals surface area contributed by atoms with E-state index < -0.39 is 5.92 Å². The van der Waals surface area contributed by atoms with E-state index in [1.54, 1.807) is 12.0 Å². The van der Waals surface area contributed by atoms with Gasteiger partial charge in [-0.05, 0) is 23.8 Å². The van der Waals surface area contributed by atoms with E-state index in [0.717, 1.165) is 15.8 Å². The summed E-state index contributed by atoms with van der Waals surface area (Å²) in [5, 5.41) is 3.47. The number of hydrogen-bond donors (Lipinski definition) is 1. The van der Waals surface area contributed by atoms with E-state index in [-0.39, 0.29) is 18.2 Å². The van der Waals surface area contributed by atoms with Crippen LogP contribution in [0.15, 0.2) is 48.5 Å². The van der Waals surface area contributed by atoms with Crippen molar-refractivity contribution in [2.75, 3.05) is 30.5 Å². The summed E-state index contributed by atoms with van der Waals surface area (Å²) in [4.78, 5) is 31.9. The SMILES string of the molecule is COCCN(C(=O)C1CC(=O)Nc2ccccc21)c1nc2ccccc2s1. The quantitative estimate of drug-likeness (QED) is 0.735. The molecule has 2 amide bonds. The smallest absolute Gasteiger partial charge is 0.237 e. The Bertz CT molecular complexity index is 968. The van der Waals surface area contributed by atoms with Crippen molar-refractivity contribution in [1.82, 2.24) is 4.98 Å². The number of thiazole rings is 1. The highest BCUT2D eigenvalue weighted by Crippen LogP contribution is 2.36. The van der Waals surface area contributed by atoms with Crippen molar-refractivity contribution in [3.05, 3.63) is 54.1 Å². The van der Waals surface area contributed by atoms with E-state index in [9.17, 15) is 9.59 Å². The molecule has 1 N–H and O–H groups in total. The monoisotopic (exact) mass is 381 g/mol. The van der Waals surface area contributed by atoms with E-state index >= 15 is 0 Å². The van der Waals surface area contributed by atoms with Crippen molar-refractivity contribution >= 4 is 44.2 Å². The normalized spacial score (nSPS) is 16.0. The van der Waals surface area contributed by atoms with Crippen LogP contribution in [0.3, 0.4) is 0 Å². The summed E-state index contributed by atoms with van der Waals surface area (Å²) >= 11 is 1.47. The first-order valence-electron chi connectivity index (χ1n) is 8.72. The lowest BCUT2D eigenvalue weighted by atomic mass is 9.89. The molecule has 0 bridgehead atoms. The molecule has 3 aromatic rings. The summed E-state index contributed by atoms with van der Waals surface area (Å²) in [6.07, 6.45) is 0.129. The Labute approximate surface area is 160 Å². The Hall–Kier alpha value is -2.77. The van der Waals surface area contributed by atoms with Crippen molar-refractivity contribution in [3.63, 3.8) is 0 Å². The minimum absolute atomic E-state index is 0.129. The van der Waals surface area contributed by atoms with Gasteiger partial charge >= 0.3 is 0 Å². The van der Waals surface area contributed by atoms with Gasteiger partial charge in [-0.2, -0.15) is 0 Å². The molecule has 0 saturated heterocycles. The number of carbonyl (C=O) groups is 2. The van der Waals surface area contributed by atoms with Gasteiger partial charge in [0.1, 0.15) is 0 Å². The highest BCUT2D eigenvalue weighted by atomic mass is 32.1. The number of fused-ring (bicyclic) bond motifs is 2. The Morgan fingerprint density at radius 3 is 2.85 bits per heavy atom. The number of hydrogen-bond acceptors (Lipinski definition) is 5. The highest BCUT2D eigenvalue weighted by molar-refractivity contribution is 7.22. The zero-order valence-corrected chi connectivity index (χ0v) is 15.7. The molecule has 1 unspecified atom stereocenters. The molecule has 7 heteroatoms. The van der Waals surface area contributed by atoms with E-state index in [2.05, 4.69) is 10.3 Å². The average Bonchev–Trinajstić information content (AvgIpc) is 3.11. The second-order valence-electron chi connectivity index (χ2n) is 6.34. The van der Waals surface area contributed by atoms with Crippen LogP contribution in [0.2, 0.25) is 0 Å². The fourth-order valence-electron chi connectivity index (χ4n) is 3.28. The first-order chi connectivity index (χ1) is 13.2. The molecule has 0 aliphatic carbocycles. The van der Waals surface area contributed by atoms with E-state index in [4.69, 9.17) is 4.74 Å². The van der Waals surface area contributed by atoms with Crippen LogP contribution in [-0.2, 0) is 14.3 Å². The number of methoxy groups -OCH3 is 1. The third kappa shape index (κ3) is 3.43. The Morgan fingerprint density at radius 1 is 1.26 bits per heavy atom. The van der Waals surface area contributed by atoms with Gasteiger partial charge in [0.25, 0.3) is 0 Å². The van der Waals surface area contributed by atoms with Crippen LogP contribution in [0, 0.1) is 0 Å². The first kappa shape index (κ1) is 17.6. The standard InChI is InChI=1S/C20H19N3O3S/c1-26-11-10-23(20-22-16-8-4-5-9-17(16)27-20)19(25)14-12-18(24)21-15-7-3-2-6-13(14)15/h2-9,14H,10-12H2,1H3,(H,21,24). The van der Waals surface area contributed by atoms with Crippen molar-refractivity contribution in [3.8, 4) is 0 Å². The molecule has 2 aromatic carbocycles. The molecule has 0 spiro atoms. The second-order valence-corrected chi connectivity index (χ2v) is 7.35. The van der Waals surface area contributed by atoms with Crippen LogP contribution in [0.5, 0.6) is 0 Å². The number of para-hydroxylation sites is 2.